The molecule has 0 aliphatic carbocycles. The summed E-state index contributed by atoms with van der Waals surface area (Å²) in [4.78, 5) is 28.2. The Morgan fingerprint density at radius 2 is 1.72 bits per heavy atom. The van der Waals surface area contributed by atoms with E-state index in [1.165, 1.54) is 12.0 Å². The topological polar surface area (TPSA) is 94.5 Å². The van der Waals surface area contributed by atoms with E-state index in [4.69, 9.17) is 18.9 Å². The van der Waals surface area contributed by atoms with Crippen LogP contribution in [0, 0.1) is 0 Å². The van der Waals surface area contributed by atoms with Crippen molar-refractivity contribution in [2.45, 2.75) is 13.0 Å². The first-order valence-electron chi connectivity index (χ1n) is 11.6. The lowest BCUT2D eigenvalue weighted by molar-refractivity contribution is -0.132. The number of carbonyl (C=O) groups excluding carboxylic acids is 2. The summed E-state index contributed by atoms with van der Waals surface area (Å²) in [5.41, 5.74) is 1.43. The van der Waals surface area contributed by atoms with Crippen molar-refractivity contribution < 1.29 is 33.6 Å². The van der Waals surface area contributed by atoms with Crippen molar-refractivity contribution in [1.29, 1.82) is 0 Å². The summed E-state index contributed by atoms with van der Waals surface area (Å²) in [6, 6.07) is 18.0. The summed E-state index contributed by atoms with van der Waals surface area (Å²) >= 11 is 0. The van der Waals surface area contributed by atoms with Crippen molar-refractivity contribution in [2.24, 2.45) is 0 Å². The number of Topliss-reactive ketones (excluding diaryl/α,β-unsaturated/α-hetero) is 1. The van der Waals surface area contributed by atoms with E-state index in [9.17, 15) is 14.7 Å². The van der Waals surface area contributed by atoms with Crippen LogP contribution in [0.1, 0.15) is 24.1 Å². The monoisotopic (exact) mass is 487 g/mol. The average molecular weight is 488 g/mol. The Hall–Kier alpha value is -4.46. The highest BCUT2D eigenvalue weighted by molar-refractivity contribution is 6.51. The number of methoxy groups -OCH3 is 1. The molecule has 0 spiro atoms. The van der Waals surface area contributed by atoms with E-state index < -0.39 is 17.7 Å². The number of rotatable bonds is 6. The molecular formula is C28H25NO7. The van der Waals surface area contributed by atoms with Crippen molar-refractivity contribution in [1.82, 2.24) is 0 Å². The molecule has 1 fully saturated rings. The molecule has 1 N–H and O–H groups in total. The van der Waals surface area contributed by atoms with Crippen LogP contribution in [0.3, 0.4) is 0 Å². The minimum Gasteiger partial charge on any atom is -0.507 e. The van der Waals surface area contributed by atoms with Crippen LogP contribution in [-0.4, -0.2) is 43.7 Å². The summed E-state index contributed by atoms with van der Waals surface area (Å²) in [5, 5.41) is 11.3. The zero-order valence-corrected chi connectivity index (χ0v) is 19.9. The molecule has 184 valence electrons. The number of carbonyl (C=O) groups is 2. The van der Waals surface area contributed by atoms with Gasteiger partial charge in [0.15, 0.2) is 11.5 Å². The summed E-state index contributed by atoms with van der Waals surface area (Å²) in [6.07, 6.45) is 0. The summed E-state index contributed by atoms with van der Waals surface area (Å²) in [5.74, 6) is 0.419. The van der Waals surface area contributed by atoms with Crippen molar-refractivity contribution in [3.63, 3.8) is 0 Å². The normalized spacial score (nSPS) is 18.3. The molecule has 3 aromatic rings. The number of aliphatic hydroxyl groups is 1. The second-order valence-electron chi connectivity index (χ2n) is 8.23. The maximum atomic E-state index is 13.4. The number of nitrogens with zero attached hydrogens (tertiary/aromatic N) is 1. The number of amides is 1. The molecule has 1 atom stereocenters. The second-order valence-corrected chi connectivity index (χ2v) is 8.23. The van der Waals surface area contributed by atoms with Gasteiger partial charge in [-0.1, -0.05) is 12.1 Å². The standard InChI is InChI=1S/C28H25NO7/c1-3-34-20-10-7-17(8-11-20)26(30)24-25(18-5-4-6-21(15-18)33-2)29(28(32)27(24)31)19-9-12-22-23(16-19)36-14-13-35-22/h4-12,15-16,25,30H,3,13-14H2,1-2H3/b26-24+. The number of hydrogen-bond acceptors (Lipinski definition) is 7. The Balaban J connectivity index is 1.66. The van der Waals surface area contributed by atoms with Crippen molar-refractivity contribution in [2.75, 3.05) is 31.8 Å². The number of fused-ring (bicyclic) bond motifs is 1. The smallest absolute Gasteiger partial charge is 0.300 e. The van der Waals surface area contributed by atoms with Gasteiger partial charge >= 0.3 is 0 Å². The van der Waals surface area contributed by atoms with Gasteiger partial charge in [-0.15, -0.1) is 0 Å². The van der Waals surface area contributed by atoms with Gasteiger partial charge < -0.3 is 24.1 Å². The quantitative estimate of drug-likeness (QED) is 0.311. The Morgan fingerprint density at radius 3 is 2.44 bits per heavy atom. The predicted molar refractivity (Wildman–Crippen MR) is 133 cm³/mol. The number of ketones is 1. The van der Waals surface area contributed by atoms with E-state index in [0.29, 0.717) is 59.6 Å². The van der Waals surface area contributed by atoms with Gasteiger partial charge in [-0.2, -0.15) is 0 Å². The molecule has 0 bridgehead atoms. The molecule has 36 heavy (non-hydrogen) atoms. The first kappa shape index (κ1) is 23.3. The highest BCUT2D eigenvalue weighted by Gasteiger charge is 2.47. The lowest BCUT2D eigenvalue weighted by Gasteiger charge is -2.27. The largest absolute Gasteiger partial charge is 0.507 e. The van der Waals surface area contributed by atoms with E-state index in [0.717, 1.165) is 0 Å². The van der Waals surface area contributed by atoms with E-state index in [2.05, 4.69) is 0 Å². The van der Waals surface area contributed by atoms with Crippen LogP contribution < -0.4 is 23.8 Å². The van der Waals surface area contributed by atoms with Gasteiger partial charge in [0, 0.05) is 17.3 Å². The molecule has 0 saturated carbocycles. The van der Waals surface area contributed by atoms with Gasteiger partial charge in [-0.25, -0.2) is 0 Å². The highest BCUT2D eigenvalue weighted by atomic mass is 16.6. The van der Waals surface area contributed by atoms with Crippen LogP contribution in [-0.2, 0) is 9.59 Å². The third kappa shape index (κ3) is 4.11. The Morgan fingerprint density at radius 1 is 0.972 bits per heavy atom. The Bertz CT molecular complexity index is 1350. The zero-order chi connectivity index (χ0) is 25.2. The lowest BCUT2D eigenvalue weighted by atomic mass is 9.95. The number of aliphatic hydroxyl groups excluding tert-OH is 1. The predicted octanol–water partition coefficient (Wildman–Crippen LogP) is 4.49. The van der Waals surface area contributed by atoms with Gasteiger partial charge in [-0.05, 0) is 61.0 Å². The summed E-state index contributed by atoms with van der Waals surface area (Å²) in [7, 11) is 1.54. The minimum atomic E-state index is -0.894. The number of ether oxygens (including phenoxy) is 4. The van der Waals surface area contributed by atoms with Crippen LogP contribution in [0.4, 0.5) is 5.69 Å². The van der Waals surface area contributed by atoms with Gasteiger partial charge in [0.1, 0.15) is 30.5 Å². The molecule has 8 nitrogen and oxygen atoms in total. The van der Waals surface area contributed by atoms with Crippen LogP contribution in [0.2, 0.25) is 0 Å². The van der Waals surface area contributed by atoms with E-state index in [1.807, 2.05) is 6.92 Å². The summed E-state index contributed by atoms with van der Waals surface area (Å²) in [6.45, 7) is 3.19. The molecule has 8 heteroatoms. The molecule has 0 radical (unpaired) electrons. The molecule has 2 aliphatic rings. The first-order chi connectivity index (χ1) is 17.5. The molecular weight excluding hydrogens is 462 g/mol. The summed E-state index contributed by atoms with van der Waals surface area (Å²) < 4.78 is 22.2. The maximum Gasteiger partial charge on any atom is 0.300 e. The van der Waals surface area contributed by atoms with Gasteiger partial charge in [0.25, 0.3) is 11.7 Å². The number of hydrogen-bond donors (Lipinski definition) is 1. The van der Waals surface area contributed by atoms with Gasteiger partial charge in [0.2, 0.25) is 0 Å². The zero-order valence-electron chi connectivity index (χ0n) is 19.9. The van der Waals surface area contributed by atoms with Gasteiger partial charge in [-0.3, -0.25) is 14.5 Å². The van der Waals surface area contributed by atoms with E-state index in [1.54, 1.807) is 66.7 Å². The van der Waals surface area contributed by atoms with Crippen molar-refractivity contribution in [3.8, 4) is 23.0 Å². The maximum absolute atomic E-state index is 13.4. The molecule has 2 aliphatic heterocycles. The van der Waals surface area contributed by atoms with Crippen molar-refractivity contribution in [3.05, 3.63) is 83.4 Å². The Labute approximate surface area is 208 Å². The molecule has 1 unspecified atom stereocenters. The van der Waals surface area contributed by atoms with Crippen LogP contribution >= 0.6 is 0 Å². The lowest BCUT2D eigenvalue weighted by Crippen LogP contribution is -2.29. The number of benzene rings is 3. The molecule has 3 aromatic carbocycles. The second kappa shape index (κ2) is 9.65. The minimum absolute atomic E-state index is 0.0210. The SMILES string of the molecule is CCOc1ccc(/C(O)=C2\C(=O)C(=O)N(c3ccc4c(c3)OCCO4)C2c2cccc(OC)c2)cc1. The first-order valence-corrected chi connectivity index (χ1v) is 11.6. The van der Waals surface area contributed by atoms with E-state index >= 15 is 0 Å². The molecule has 1 saturated heterocycles. The van der Waals surface area contributed by atoms with Crippen LogP contribution in [0.25, 0.3) is 5.76 Å². The third-order valence-corrected chi connectivity index (χ3v) is 6.10. The van der Waals surface area contributed by atoms with Crippen LogP contribution in [0.5, 0.6) is 23.0 Å². The highest BCUT2D eigenvalue weighted by Crippen LogP contribution is 2.45. The third-order valence-electron chi connectivity index (χ3n) is 6.10. The molecule has 5 rings (SSSR count). The number of anilines is 1. The molecule has 2 heterocycles. The Kier molecular flexibility index (Phi) is 6.25. The van der Waals surface area contributed by atoms with E-state index in [-0.39, 0.29) is 11.3 Å². The fourth-order valence-electron chi connectivity index (χ4n) is 4.44. The average Bonchev–Trinajstić information content (AvgIpc) is 3.18. The van der Waals surface area contributed by atoms with Crippen LogP contribution in [0.15, 0.2) is 72.3 Å². The molecule has 1 amide bonds. The van der Waals surface area contributed by atoms with Gasteiger partial charge in [0.05, 0.1) is 25.3 Å². The fraction of sp³-hybridized carbons (Fsp3) is 0.214. The fourth-order valence-corrected chi connectivity index (χ4v) is 4.44. The van der Waals surface area contributed by atoms with Crippen molar-refractivity contribution >= 4 is 23.1 Å². The molecule has 0 aromatic heterocycles.